The van der Waals surface area contributed by atoms with Crippen molar-refractivity contribution in [3.8, 4) is 0 Å². The molecule has 1 N–H and O–H groups in total. The third kappa shape index (κ3) is 2.46. The minimum absolute atomic E-state index is 0.00256. The number of aryl methyl sites for hydroxylation is 1. The minimum Gasteiger partial charge on any atom is -0.392 e. The number of aliphatic hydroxyl groups is 1. The van der Waals surface area contributed by atoms with Gasteiger partial charge in [0.1, 0.15) is 5.65 Å². The zero-order chi connectivity index (χ0) is 16.7. The predicted molar refractivity (Wildman–Crippen MR) is 92.9 cm³/mol. The molecule has 0 bridgehead atoms. The summed E-state index contributed by atoms with van der Waals surface area (Å²) in [5.74, 6) is 0. The first-order chi connectivity index (χ1) is 11.6. The van der Waals surface area contributed by atoms with Crippen LogP contribution >= 0.6 is 0 Å². The quantitative estimate of drug-likeness (QED) is 0.936. The fraction of sp³-hybridized carbons (Fsp3) is 0.632. The number of nitrogens with zero attached hydrogens (tertiary/aromatic N) is 3. The van der Waals surface area contributed by atoms with E-state index in [0.29, 0.717) is 0 Å². The lowest BCUT2D eigenvalue weighted by atomic mass is 9.58. The number of rotatable bonds is 4. The molecule has 5 heteroatoms. The van der Waals surface area contributed by atoms with Gasteiger partial charge in [0.15, 0.2) is 0 Å². The van der Waals surface area contributed by atoms with Crippen LogP contribution < -0.4 is 0 Å². The summed E-state index contributed by atoms with van der Waals surface area (Å²) in [7, 11) is 0. The Labute approximate surface area is 143 Å². The molecule has 2 atom stereocenters. The second-order valence-electron chi connectivity index (χ2n) is 7.34. The van der Waals surface area contributed by atoms with Crippen LogP contribution in [0, 0.1) is 12.3 Å². The molecular weight excluding hydrogens is 302 g/mol. The monoisotopic (exact) mass is 329 g/mol. The van der Waals surface area contributed by atoms with Gasteiger partial charge in [0, 0.05) is 31.2 Å². The number of fused-ring (bicyclic) bond motifs is 1. The molecule has 2 fully saturated rings. The van der Waals surface area contributed by atoms with E-state index in [9.17, 15) is 5.11 Å². The van der Waals surface area contributed by atoms with Gasteiger partial charge in [-0.25, -0.2) is 4.98 Å². The summed E-state index contributed by atoms with van der Waals surface area (Å²) < 4.78 is 8.06. The Hall–Kier alpha value is -1.43. The lowest BCUT2D eigenvalue weighted by molar-refractivity contribution is -0.210. The van der Waals surface area contributed by atoms with Crippen LogP contribution in [0.5, 0.6) is 0 Å². The maximum Gasteiger partial charge on any atom is 0.139 e. The zero-order valence-electron chi connectivity index (χ0n) is 14.6. The van der Waals surface area contributed by atoms with Crippen molar-refractivity contribution in [2.75, 3.05) is 19.7 Å². The molecule has 24 heavy (non-hydrogen) atoms. The second-order valence-corrected chi connectivity index (χ2v) is 7.34. The SMILES string of the molecule is CCOC1CC(O)C12CCN(Cc1cnc3c(C)cccn13)CC2. The van der Waals surface area contributed by atoms with Gasteiger partial charge < -0.3 is 14.2 Å². The first kappa shape index (κ1) is 16.1. The first-order valence-electron chi connectivity index (χ1n) is 9.07. The number of piperidine rings is 1. The number of hydrogen-bond donors (Lipinski definition) is 1. The first-order valence-corrected chi connectivity index (χ1v) is 9.07. The van der Waals surface area contributed by atoms with E-state index in [0.717, 1.165) is 51.2 Å². The Morgan fingerprint density at radius 1 is 1.38 bits per heavy atom. The largest absolute Gasteiger partial charge is 0.392 e. The number of pyridine rings is 1. The van der Waals surface area contributed by atoms with Gasteiger partial charge in [0.2, 0.25) is 0 Å². The molecule has 130 valence electrons. The molecule has 5 nitrogen and oxygen atoms in total. The third-order valence-electron chi connectivity index (χ3n) is 6.09. The van der Waals surface area contributed by atoms with Crippen molar-refractivity contribution in [2.24, 2.45) is 5.41 Å². The van der Waals surface area contributed by atoms with Gasteiger partial charge in [-0.1, -0.05) is 6.07 Å². The van der Waals surface area contributed by atoms with E-state index >= 15 is 0 Å². The van der Waals surface area contributed by atoms with E-state index in [2.05, 4.69) is 39.5 Å². The van der Waals surface area contributed by atoms with E-state index in [1.165, 1.54) is 11.3 Å². The van der Waals surface area contributed by atoms with Crippen LogP contribution in [0.1, 0.15) is 37.4 Å². The van der Waals surface area contributed by atoms with E-state index in [-0.39, 0.29) is 17.6 Å². The number of likely N-dealkylation sites (tertiary alicyclic amines) is 1. The van der Waals surface area contributed by atoms with Crippen molar-refractivity contribution >= 4 is 5.65 Å². The predicted octanol–water partition coefficient (Wildman–Crippen LogP) is 2.39. The molecule has 2 aromatic heterocycles. The van der Waals surface area contributed by atoms with Crippen LogP contribution in [0.3, 0.4) is 0 Å². The van der Waals surface area contributed by atoms with Crippen LogP contribution in [0.15, 0.2) is 24.5 Å². The molecule has 4 rings (SSSR count). The molecule has 2 aliphatic rings. The zero-order valence-corrected chi connectivity index (χ0v) is 14.6. The number of hydrogen-bond acceptors (Lipinski definition) is 4. The summed E-state index contributed by atoms with van der Waals surface area (Å²) in [6.45, 7) is 7.82. The second kappa shape index (κ2) is 6.14. The smallest absolute Gasteiger partial charge is 0.139 e. The maximum atomic E-state index is 10.3. The van der Waals surface area contributed by atoms with Gasteiger partial charge in [-0.15, -0.1) is 0 Å². The molecule has 1 spiro atoms. The van der Waals surface area contributed by atoms with Crippen LogP contribution in [-0.4, -0.2) is 51.3 Å². The number of aliphatic hydroxyl groups excluding tert-OH is 1. The van der Waals surface area contributed by atoms with Crippen molar-refractivity contribution in [3.05, 3.63) is 35.8 Å². The number of imidazole rings is 1. The molecule has 1 saturated heterocycles. The van der Waals surface area contributed by atoms with Gasteiger partial charge in [0.25, 0.3) is 0 Å². The van der Waals surface area contributed by atoms with E-state index in [1.54, 1.807) is 0 Å². The maximum absolute atomic E-state index is 10.3. The average Bonchev–Trinajstić information content (AvgIpc) is 3.00. The number of aromatic nitrogens is 2. The van der Waals surface area contributed by atoms with Crippen molar-refractivity contribution in [3.63, 3.8) is 0 Å². The lowest BCUT2D eigenvalue weighted by Crippen LogP contribution is -2.62. The molecule has 2 unspecified atom stereocenters. The third-order valence-corrected chi connectivity index (χ3v) is 6.09. The molecule has 0 aromatic carbocycles. The van der Waals surface area contributed by atoms with E-state index in [4.69, 9.17) is 4.74 Å². The van der Waals surface area contributed by atoms with Gasteiger partial charge >= 0.3 is 0 Å². The van der Waals surface area contributed by atoms with E-state index < -0.39 is 0 Å². The molecule has 1 aliphatic carbocycles. The Morgan fingerprint density at radius 2 is 2.17 bits per heavy atom. The normalized spacial score (nSPS) is 26.8. The fourth-order valence-electron chi connectivity index (χ4n) is 4.49. The highest BCUT2D eigenvalue weighted by Crippen LogP contribution is 2.51. The van der Waals surface area contributed by atoms with Crippen molar-refractivity contribution in [1.29, 1.82) is 0 Å². The van der Waals surface area contributed by atoms with Gasteiger partial charge in [-0.3, -0.25) is 4.90 Å². The molecule has 0 amide bonds. The molecule has 3 heterocycles. The van der Waals surface area contributed by atoms with Crippen LogP contribution in [0.4, 0.5) is 0 Å². The Balaban J connectivity index is 1.44. The van der Waals surface area contributed by atoms with Crippen molar-refractivity contribution < 1.29 is 9.84 Å². The van der Waals surface area contributed by atoms with Gasteiger partial charge in [-0.2, -0.15) is 0 Å². The van der Waals surface area contributed by atoms with Crippen LogP contribution in [0.25, 0.3) is 5.65 Å². The standard InChI is InChI=1S/C19H27N3O2/c1-3-24-17-11-16(23)19(17)6-9-21(10-7-19)13-15-12-20-18-14(2)5-4-8-22(15)18/h4-5,8,12,16-17,23H,3,6-7,9-11,13H2,1-2H3. The minimum atomic E-state index is -0.186. The summed E-state index contributed by atoms with van der Waals surface area (Å²) in [6.07, 6.45) is 7.00. The summed E-state index contributed by atoms with van der Waals surface area (Å²) >= 11 is 0. The molecule has 1 aliphatic heterocycles. The number of ether oxygens (including phenoxy) is 1. The average molecular weight is 329 g/mol. The highest BCUT2D eigenvalue weighted by atomic mass is 16.5. The van der Waals surface area contributed by atoms with Gasteiger partial charge in [-0.05, 0) is 51.4 Å². The lowest BCUT2D eigenvalue weighted by Gasteiger charge is -2.56. The van der Waals surface area contributed by atoms with Crippen LogP contribution in [0.2, 0.25) is 0 Å². The van der Waals surface area contributed by atoms with Crippen LogP contribution in [-0.2, 0) is 11.3 Å². The highest BCUT2D eigenvalue weighted by molar-refractivity contribution is 5.48. The molecule has 0 radical (unpaired) electrons. The highest BCUT2D eigenvalue weighted by Gasteiger charge is 2.55. The topological polar surface area (TPSA) is 50.0 Å². The molecule has 1 saturated carbocycles. The van der Waals surface area contributed by atoms with Crippen molar-refractivity contribution in [2.45, 2.75) is 51.9 Å². The van der Waals surface area contributed by atoms with E-state index in [1.807, 2.05) is 13.1 Å². The summed E-state index contributed by atoms with van der Waals surface area (Å²) in [5.41, 5.74) is 3.49. The summed E-state index contributed by atoms with van der Waals surface area (Å²) in [4.78, 5) is 7.04. The summed E-state index contributed by atoms with van der Waals surface area (Å²) in [6, 6.07) is 4.18. The summed E-state index contributed by atoms with van der Waals surface area (Å²) in [5, 5.41) is 10.3. The Kier molecular flexibility index (Phi) is 4.11. The fourth-order valence-corrected chi connectivity index (χ4v) is 4.49. The Bertz CT molecular complexity index is 716. The Morgan fingerprint density at radius 3 is 2.88 bits per heavy atom. The van der Waals surface area contributed by atoms with Crippen molar-refractivity contribution in [1.82, 2.24) is 14.3 Å². The molecule has 2 aromatic rings. The van der Waals surface area contributed by atoms with Gasteiger partial charge in [0.05, 0.1) is 24.1 Å². The molecular formula is C19H27N3O2.